The van der Waals surface area contributed by atoms with E-state index in [1.807, 2.05) is 12.1 Å². The molecule has 6 heteroatoms. The predicted octanol–water partition coefficient (Wildman–Crippen LogP) is 1.56. The van der Waals surface area contributed by atoms with Crippen LogP contribution in [-0.2, 0) is 6.54 Å². The molecule has 1 saturated heterocycles. The first-order valence-corrected chi connectivity index (χ1v) is 7.50. The van der Waals surface area contributed by atoms with Crippen molar-refractivity contribution in [3.8, 4) is 11.5 Å². The van der Waals surface area contributed by atoms with E-state index in [0.717, 1.165) is 31.1 Å². The van der Waals surface area contributed by atoms with Gasteiger partial charge in [0.25, 0.3) is 0 Å². The first-order valence-electron chi connectivity index (χ1n) is 7.50. The summed E-state index contributed by atoms with van der Waals surface area (Å²) < 4.78 is 15.9. The van der Waals surface area contributed by atoms with Crippen LogP contribution in [-0.4, -0.2) is 19.9 Å². The normalized spacial score (nSPS) is 23.1. The lowest BCUT2D eigenvalue weighted by Crippen LogP contribution is -2.28. The Morgan fingerprint density at radius 1 is 1.18 bits per heavy atom. The summed E-state index contributed by atoms with van der Waals surface area (Å²) in [5, 5.41) is 3.49. The molecule has 2 aliphatic heterocycles. The van der Waals surface area contributed by atoms with Crippen molar-refractivity contribution in [3.63, 3.8) is 0 Å². The van der Waals surface area contributed by atoms with E-state index in [0.29, 0.717) is 12.7 Å². The number of hydrogen-bond acceptors (Lipinski definition) is 6. The minimum atomic E-state index is 0.256. The van der Waals surface area contributed by atoms with Gasteiger partial charge in [0.2, 0.25) is 6.79 Å². The van der Waals surface area contributed by atoms with E-state index in [-0.39, 0.29) is 6.04 Å². The van der Waals surface area contributed by atoms with Gasteiger partial charge in [-0.15, -0.1) is 0 Å². The highest BCUT2D eigenvalue weighted by molar-refractivity contribution is 5.45. The summed E-state index contributed by atoms with van der Waals surface area (Å²) in [5.74, 6) is 2.12. The van der Waals surface area contributed by atoms with Gasteiger partial charge < -0.3 is 19.2 Å². The molecular formula is C16H19N3O3. The van der Waals surface area contributed by atoms with Gasteiger partial charge in [0.05, 0.1) is 18.6 Å². The van der Waals surface area contributed by atoms with Crippen molar-refractivity contribution in [1.29, 1.82) is 0 Å². The van der Waals surface area contributed by atoms with Crippen molar-refractivity contribution in [2.45, 2.75) is 12.6 Å². The highest BCUT2D eigenvalue weighted by atomic mass is 16.7. The van der Waals surface area contributed by atoms with Crippen LogP contribution in [0.25, 0.3) is 0 Å². The van der Waals surface area contributed by atoms with E-state index in [4.69, 9.17) is 13.9 Å². The summed E-state index contributed by atoms with van der Waals surface area (Å²) in [6, 6.07) is 8.38. The highest BCUT2D eigenvalue weighted by Gasteiger charge is 2.29. The third-order valence-corrected chi connectivity index (χ3v) is 4.16. The van der Waals surface area contributed by atoms with Crippen LogP contribution in [0.3, 0.4) is 0 Å². The molecule has 0 bridgehead atoms. The molecule has 3 heterocycles. The Bertz CT molecular complexity index is 630. The number of hydrazine groups is 1. The number of ether oxygens (including phenoxy) is 2. The SMILES string of the molecule is c1cc(CNCC2CNNC2c2ccc3c(c2)OCO3)co1. The van der Waals surface area contributed by atoms with Gasteiger partial charge in [0.15, 0.2) is 11.5 Å². The standard InChI is InChI=1S/C16H19N3O3/c1-2-14-15(22-10-21-14)5-12(1)16-13(8-18-19-16)7-17-6-11-3-4-20-9-11/h1-5,9,13,16-19H,6-8,10H2. The molecule has 0 saturated carbocycles. The molecule has 1 aromatic heterocycles. The predicted molar refractivity (Wildman–Crippen MR) is 80.3 cm³/mol. The second kappa shape index (κ2) is 6.00. The Hall–Kier alpha value is -2.02. The Labute approximate surface area is 128 Å². The fourth-order valence-electron chi connectivity index (χ4n) is 2.98. The molecule has 1 aromatic carbocycles. The van der Waals surface area contributed by atoms with Gasteiger partial charge in [-0.3, -0.25) is 5.43 Å². The molecular weight excluding hydrogens is 282 g/mol. The summed E-state index contributed by atoms with van der Waals surface area (Å²) in [7, 11) is 0. The maximum Gasteiger partial charge on any atom is 0.231 e. The van der Waals surface area contributed by atoms with Crippen LogP contribution in [0.2, 0.25) is 0 Å². The topological polar surface area (TPSA) is 67.7 Å². The van der Waals surface area contributed by atoms with Gasteiger partial charge in [-0.2, -0.15) is 0 Å². The van der Waals surface area contributed by atoms with Gasteiger partial charge in [-0.25, -0.2) is 5.43 Å². The molecule has 0 radical (unpaired) electrons. The van der Waals surface area contributed by atoms with E-state index in [9.17, 15) is 0 Å². The summed E-state index contributed by atoms with van der Waals surface area (Å²) in [6.45, 7) is 2.98. The molecule has 22 heavy (non-hydrogen) atoms. The second-order valence-electron chi connectivity index (χ2n) is 5.64. The fraction of sp³-hybridized carbons (Fsp3) is 0.375. The largest absolute Gasteiger partial charge is 0.472 e. The molecule has 6 nitrogen and oxygen atoms in total. The van der Waals surface area contributed by atoms with Crippen LogP contribution < -0.4 is 25.6 Å². The van der Waals surface area contributed by atoms with Crippen molar-refractivity contribution >= 4 is 0 Å². The van der Waals surface area contributed by atoms with Gasteiger partial charge in [-0.1, -0.05) is 6.07 Å². The van der Waals surface area contributed by atoms with Crippen LogP contribution in [0.1, 0.15) is 17.2 Å². The summed E-state index contributed by atoms with van der Waals surface area (Å²) in [4.78, 5) is 0. The van der Waals surface area contributed by atoms with E-state index in [1.165, 1.54) is 11.1 Å². The van der Waals surface area contributed by atoms with E-state index in [1.54, 1.807) is 12.5 Å². The van der Waals surface area contributed by atoms with Gasteiger partial charge in [-0.05, 0) is 23.8 Å². The molecule has 4 rings (SSSR count). The van der Waals surface area contributed by atoms with E-state index in [2.05, 4.69) is 28.3 Å². The maximum atomic E-state index is 5.47. The van der Waals surface area contributed by atoms with Crippen molar-refractivity contribution in [2.75, 3.05) is 19.9 Å². The van der Waals surface area contributed by atoms with Crippen LogP contribution in [0.15, 0.2) is 41.2 Å². The number of benzene rings is 1. The summed E-state index contributed by atoms with van der Waals surface area (Å²) in [5.41, 5.74) is 8.98. The summed E-state index contributed by atoms with van der Waals surface area (Å²) in [6.07, 6.45) is 3.47. The van der Waals surface area contributed by atoms with Crippen LogP contribution >= 0.6 is 0 Å². The molecule has 116 valence electrons. The van der Waals surface area contributed by atoms with Crippen molar-refractivity contribution in [1.82, 2.24) is 16.2 Å². The van der Waals surface area contributed by atoms with Crippen molar-refractivity contribution in [2.24, 2.45) is 5.92 Å². The minimum absolute atomic E-state index is 0.256. The number of furan rings is 1. The third kappa shape index (κ3) is 2.68. The highest BCUT2D eigenvalue weighted by Crippen LogP contribution is 2.36. The van der Waals surface area contributed by atoms with Gasteiger partial charge >= 0.3 is 0 Å². The van der Waals surface area contributed by atoms with Gasteiger partial charge in [0, 0.05) is 31.1 Å². The number of nitrogens with one attached hydrogen (secondary N) is 3. The minimum Gasteiger partial charge on any atom is -0.472 e. The molecule has 3 N–H and O–H groups in total. The van der Waals surface area contributed by atoms with Crippen LogP contribution in [0, 0.1) is 5.92 Å². The van der Waals surface area contributed by atoms with Crippen molar-refractivity contribution < 1.29 is 13.9 Å². The quantitative estimate of drug-likeness (QED) is 0.779. The maximum absolute atomic E-state index is 5.47. The van der Waals surface area contributed by atoms with Crippen molar-refractivity contribution in [3.05, 3.63) is 47.9 Å². The molecule has 2 unspecified atom stereocenters. The molecule has 0 spiro atoms. The van der Waals surface area contributed by atoms with Crippen LogP contribution in [0.4, 0.5) is 0 Å². The monoisotopic (exact) mass is 301 g/mol. The number of rotatable bonds is 5. The lowest BCUT2D eigenvalue weighted by atomic mass is 9.94. The molecule has 1 fully saturated rings. The molecule has 2 aliphatic rings. The average Bonchev–Trinajstić information content (AvgIpc) is 3.28. The third-order valence-electron chi connectivity index (χ3n) is 4.16. The average molecular weight is 301 g/mol. The lowest BCUT2D eigenvalue weighted by Gasteiger charge is -2.19. The van der Waals surface area contributed by atoms with E-state index < -0.39 is 0 Å². The molecule has 2 atom stereocenters. The number of hydrogen-bond donors (Lipinski definition) is 3. The zero-order valence-corrected chi connectivity index (χ0v) is 12.2. The number of fused-ring (bicyclic) bond motifs is 1. The first kappa shape index (κ1) is 13.6. The lowest BCUT2D eigenvalue weighted by molar-refractivity contribution is 0.174. The van der Waals surface area contributed by atoms with Crippen LogP contribution in [0.5, 0.6) is 11.5 Å². The first-order chi connectivity index (χ1) is 10.9. The Kier molecular flexibility index (Phi) is 3.72. The smallest absolute Gasteiger partial charge is 0.231 e. The molecule has 0 aliphatic carbocycles. The Morgan fingerprint density at radius 3 is 3.05 bits per heavy atom. The van der Waals surface area contributed by atoms with E-state index >= 15 is 0 Å². The van der Waals surface area contributed by atoms with Gasteiger partial charge in [0.1, 0.15) is 0 Å². The zero-order valence-electron chi connectivity index (χ0n) is 12.2. The molecule has 2 aromatic rings. The second-order valence-corrected chi connectivity index (χ2v) is 5.64. The summed E-state index contributed by atoms with van der Waals surface area (Å²) >= 11 is 0. The molecule has 0 amide bonds. The zero-order chi connectivity index (χ0) is 14.8. The fourth-order valence-corrected chi connectivity index (χ4v) is 2.98. The Morgan fingerprint density at radius 2 is 2.14 bits per heavy atom. The Balaban J connectivity index is 1.40.